The van der Waals surface area contributed by atoms with Gasteiger partial charge in [0.05, 0.1) is 27.8 Å². The summed E-state index contributed by atoms with van der Waals surface area (Å²) in [5, 5.41) is 8.93. The average Bonchev–Trinajstić information content (AvgIpc) is 2.48. The highest BCUT2D eigenvalue weighted by atomic mass is 35.5. The Morgan fingerprint density at radius 1 is 1.09 bits per heavy atom. The molecule has 0 radical (unpaired) electrons. The third-order valence-corrected chi connectivity index (χ3v) is 2.87. The third-order valence-electron chi connectivity index (χ3n) is 2.27. The summed E-state index contributed by atoms with van der Waals surface area (Å²) in [7, 11) is 0. The summed E-state index contributed by atoms with van der Waals surface area (Å²) < 4.78 is 4.76. The molecule has 0 saturated carbocycles. The first-order valence-electron chi connectivity index (χ1n) is 6.06. The number of carbonyl (C=O) groups is 2. The summed E-state index contributed by atoms with van der Waals surface area (Å²) in [4.78, 5) is 28.8. The quantitative estimate of drug-likeness (QED) is 0.860. The highest BCUT2D eigenvalue weighted by molar-refractivity contribution is 6.33. The van der Waals surface area contributed by atoms with Crippen LogP contribution in [0.3, 0.4) is 0 Å². The number of nitrogens with zero attached hydrogens (tertiary/aromatic N) is 2. The van der Waals surface area contributed by atoms with Crippen LogP contribution in [0.1, 0.15) is 27.6 Å². The molecule has 0 spiro atoms. The first-order chi connectivity index (χ1) is 10.5. The number of hydrogen-bond acceptors (Lipinski definition) is 5. The minimum atomic E-state index is -1.03. The maximum atomic E-state index is 11.1. The number of carboxylic acids is 1. The SMILES string of the molecule is CCOC(=O)c1ccncc1Cl.O=C(O)c1ccncc1Cl. The minimum Gasteiger partial charge on any atom is -0.478 e. The van der Waals surface area contributed by atoms with Crippen molar-refractivity contribution in [2.45, 2.75) is 6.92 Å². The summed E-state index contributed by atoms with van der Waals surface area (Å²) in [5.74, 6) is -1.45. The van der Waals surface area contributed by atoms with E-state index in [9.17, 15) is 9.59 Å². The standard InChI is InChI=1S/C8H8ClNO2.C6H4ClNO2/c1-2-12-8(11)6-3-4-10-5-7(6)9;7-5-3-8-2-1-4(5)6(9)10/h3-5H,2H2,1H3;1-3H,(H,9,10). The Morgan fingerprint density at radius 3 is 1.95 bits per heavy atom. The van der Waals surface area contributed by atoms with Crippen molar-refractivity contribution >= 4 is 35.1 Å². The van der Waals surface area contributed by atoms with Gasteiger partial charge in [0.15, 0.2) is 0 Å². The van der Waals surface area contributed by atoms with Crippen molar-refractivity contribution in [3.8, 4) is 0 Å². The van der Waals surface area contributed by atoms with Gasteiger partial charge in [-0.05, 0) is 19.1 Å². The van der Waals surface area contributed by atoms with Crippen LogP contribution < -0.4 is 0 Å². The van der Waals surface area contributed by atoms with E-state index in [1.54, 1.807) is 6.92 Å². The van der Waals surface area contributed by atoms with Crippen LogP contribution in [0.5, 0.6) is 0 Å². The Kier molecular flexibility index (Phi) is 7.28. The molecule has 1 N–H and O–H groups in total. The summed E-state index contributed by atoms with van der Waals surface area (Å²) in [6, 6.07) is 2.88. The number of pyridine rings is 2. The van der Waals surface area contributed by atoms with Gasteiger partial charge in [-0.15, -0.1) is 0 Å². The molecule has 2 rings (SSSR count). The molecule has 0 unspecified atom stereocenters. The van der Waals surface area contributed by atoms with E-state index in [-0.39, 0.29) is 10.6 Å². The molecule has 0 fully saturated rings. The highest BCUT2D eigenvalue weighted by Crippen LogP contribution is 2.14. The lowest BCUT2D eigenvalue weighted by Crippen LogP contribution is -2.05. The predicted molar refractivity (Wildman–Crippen MR) is 81.4 cm³/mol. The van der Waals surface area contributed by atoms with Crippen LogP contribution in [0.4, 0.5) is 0 Å². The second kappa shape index (κ2) is 8.96. The van der Waals surface area contributed by atoms with Crippen LogP contribution in [-0.4, -0.2) is 33.6 Å². The molecule has 2 aromatic heterocycles. The minimum absolute atomic E-state index is 0.0802. The molecule has 0 bridgehead atoms. The summed E-state index contributed by atoms with van der Waals surface area (Å²) in [6.45, 7) is 2.09. The molecule has 6 nitrogen and oxygen atoms in total. The van der Waals surface area contributed by atoms with Crippen LogP contribution in [0.15, 0.2) is 36.9 Å². The largest absolute Gasteiger partial charge is 0.478 e. The fraction of sp³-hybridized carbons (Fsp3) is 0.143. The van der Waals surface area contributed by atoms with Gasteiger partial charge in [-0.1, -0.05) is 23.2 Å². The molecule has 0 saturated heterocycles. The van der Waals surface area contributed by atoms with Gasteiger partial charge < -0.3 is 9.84 Å². The molecule has 0 amide bonds. The topological polar surface area (TPSA) is 89.4 Å². The van der Waals surface area contributed by atoms with E-state index in [4.69, 9.17) is 33.0 Å². The van der Waals surface area contributed by atoms with Gasteiger partial charge in [0.1, 0.15) is 0 Å². The molecule has 0 aliphatic carbocycles. The summed E-state index contributed by atoms with van der Waals surface area (Å²) >= 11 is 11.2. The zero-order valence-corrected chi connectivity index (χ0v) is 13.0. The lowest BCUT2D eigenvalue weighted by atomic mass is 10.3. The fourth-order valence-corrected chi connectivity index (χ4v) is 1.69. The number of aromatic nitrogens is 2. The predicted octanol–water partition coefficient (Wildman–Crippen LogP) is 3.34. The number of aromatic carboxylic acids is 1. The Balaban J connectivity index is 0.000000224. The van der Waals surface area contributed by atoms with Crippen LogP contribution in [0.25, 0.3) is 0 Å². The maximum Gasteiger partial charge on any atom is 0.339 e. The van der Waals surface area contributed by atoms with Gasteiger partial charge in [-0.25, -0.2) is 9.59 Å². The Morgan fingerprint density at radius 2 is 1.59 bits per heavy atom. The van der Waals surface area contributed by atoms with Gasteiger partial charge in [0, 0.05) is 24.8 Å². The monoisotopic (exact) mass is 342 g/mol. The van der Waals surface area contributed by atoms with Crippen molar-refractivity contribution in [3.05, 3.63) is 58.1 Å². The molecule has 0 atom stereocenters. The second-order valence-electron chi connectivity index (χ2n) is 3.74. The van der Waals surface area contributed by atoms with Gasteiger partial charge in [-0.3, -0.25) is 9.97 Å². The zero-order valence-electron chi connectivity index (χ0n) is 11.5. The molecule has 0 aliphatic heterocycles. The van der Waals surface area contributed by atoms with Crippen molar-refractivity contribution in [3.63, 3.8) is 0 Å². The third kappa shape index (κ3) is 5.31. The molecule has 2 heterocycles. The van der Waals surface area contributed by atoms with E-state index in [1.807, 2.05) is 0 Å². The smallest absolute Gasteiger partial charge is 0.339 e. The van der Waals surface area contributed by atoms with Crippen LogP contribution in [0.2, 0.25) is 10.0 Å². The molecule has 8 heteroatoms. The van der Waals surface area contributed by atoms with E-state index in [1.165, 1.54) is 36.9 Å². The fourth-order valence-electron chi connectivity index (χ4n) is 1.30. The molecule has 22 heavy (non-hydrogen) atoms. The van der Waals surface area contributed by atoms with E-state index in [0.29, 0.717) is 17.2 Å². The Labute approximate surface area is 136 Å². The highest BCUT2D eigenvalue weighted by Gasteiger charge is 2.09. The molecule has 2 aromatic rings. The molecular weight excluding hydrogens is 331 g/mol. The lowest BCUT2D eigenvalue weighted by molar-refractivity contribution is 0.0526. The number of halogens is 2. The van der Waals surface area contributed by atoms with Crippen LogP contribution >= 0.6 is 23.2 Å². The average molecular weight is 343 g/mol. The van der Waals surface area contributed by atoms with E-state index < -0.39 is 11.9 Å². The summed E-state index contributed by atoms with van der Waals surface area (Å²) in [5.41, 5.74) is 0.435. The Bertz CT molecular complexity index is 665. The number of ether oxygens (including phenoxy) is 1. The van der Waals surface area contributed by atoms with Crippen LogP contribution in [-0.2, 0) is 4.74 Å². The first-order valence-corrected chi connectivity index (χ1v) is 6.82. The first kappa shape index (κ1) is 17.9. The van der Waals surface area contributed by atoms with Gasteiger partial charge in [0.25, 0.3) is 0 Å². The number of carbonyl (C=O) groups excluding carboxylic acids is 1. The van der Waals surface area contributed by atoms with E-state index in [2.05, 4.69) is 9.97 Å². The number of rotatable bonds is 3. The number of esters is 1. The van der Waals surface area contributed by atoms with E-state index >= 15 is 0 Å². The van der Waals surface area contributed by atoms with Crippen molar-refractivity contribution in [2.24, 2.45) is 0 Å². The maximum absolute atomic E-state index is 11.1. The summed E-state index contributed by atoms with van der Waals surface area (Å²) in [6.07, 6.45) is 5.59. The van der Waals surface area contributed by atoms with Gasteiger partial charge in [-0.2, -0.15) is 0 Å². The lowest BCUT2D eigenvalue weighted by Gasteiger charge is -2.01. The molecule has 0 aliphatic rings. The van der Waals surface area contributed by atoms with Crippen molar-refractivity contribution < 1.29 is 19.4 Å². The van der Waals surface area contributed by atoms with Crippen molar-refractivity contribution in [1.82, 2.24) is 9.97 Å². The normalized spacial score (nSPS) is 9.41. The molecule has 0 aromatic carbocycles. The number of hydrogen-bond donors (Lipinski definition) is 1. The number of carboxylic acid groups (broad SMARTS) is 1. The second-order valence-corrected chi connectivity index (χ2v) is 4.55. The Hall–Kier alpha value is -2.18. The van der Waals surface area contributed by atoms with Crippen molar-refractivity contribution in [1.29, 1.82) is 0 Å². The van der Waals surface area contributed by atoms with E-state index in [0.717, 1.165) is 0 Å². The van der Waals surface area contributed by atoms with Crippen molar-refractivity contribution in [2.75, 3.05) is 6.61 Å². The van der Waals surface area contributed by atoms with Gasteiger partial charge >= 0.3 is 11.9 Å². The zero-order chi connectivity index (χ0) is 16.5. The van der Waals surface area contributed by atoms with Gasteiger partial charge in [0.2, 0.25) is 0 Å². The molecule has 116 valence electrons. The molecular formula is C14H12Cl2N2O4. The van der Waals surface area contributed by atoms with Crippen LogP contribution in [0, 0.1) is 0 Å².